The van der Waals surface area contributed by atoms with Gasteiger partial charge in [-0.2, -0.15) is 0 Å². The zero-order chi connectivity index (χ0) is 17.8. The predicted molar refractivity (Wildman–Crippen MR) is 92.9 cm³/mol. The number of aryl methyl sites for hydroxylation is 2. The van der Waals surface area contributed by atoms with Gasteiger partial charge in [-0.05, 0) is 37.5 Å². The molecule has 2 heterocycles. The maximum absolute atomic E-state index is 12.1. The third-order valence-electron chi connectivity index (χ3n) is 4.32. The summed E-state index contributed by atoms with van der Waals surface area (Å²) in [5.74, 6) is 0.764. The minimum Gasteiger partial charge on any atom is -0.332 e. The molecule has 1 aliphatic rings. The Morgan fingerprint density at radius 3 is 3.04 bits per heavy atom. The van der Waals surface area contributed by atoms with Gasteiger partial charge in [-0.3, -0.25) is 4.79 Å². The minimum absolute atomic E-state index is 0.0470. The van der Waals surface area contributed by atoms with Crippen molar-refractivity contribution >= 4 is 17.6 Å². The number of nitrogens with one attached hydrogen (secondary N) is 3. The lowest BCUT2D eigenvalue weighted by Crippen LogP contribution is -2.37. The Balaban J connectivity index is 1.57. The van der Waals surface area contributed by atoms with Gasteiger partial charge < -0.3 is 20.5 Å². The van der Waals surface area contributed by atoms with Gasteiger partial charge in [-0.1, -0.05) is 12.1 Å². The van der Waals surface area contributed by atoms with Crippen LogP contribution >= 0.6 is 0 Å². The monoisotopic (exact) mass is 342 g/mol. The van der Waals surface area contributed by atoms with E-state index in [2.05, 4.69) is 26.1 Å². The van der Waals surface area contributed by atoms with Crippen molar-refractivity contribution in [3.8, 4) is 0 Å². The van der Waals surface area contributed by atoms with Gasteiger partial charge in [-0.25, -0.2) is 4.79 Å². The molecule has 25 heavy (non-hydrogen) atoms. The van der Waals surface area contributed by atoms with Crippen LogP contribution < -0.4 is 16.0 Å². The van der Waals surface area contributed by atoms with Gasteiger partial charge in [0.05, 0.1) is 12.6 Å². The molecule has 1 unspecified atom stereocenters. The van der Waals surface area contributed by atoms with Crippen LogP contribution in [0, 0.1) is 0 Å². The average molecular weight is 342 g/mol. The number of anilines is 1. The van der Waals surface area contributed by atoms with E-state index in [1.807, 2.05) is 36.6 Å². The summed E-state index contributed by atoms with van der Waals surface area (Å²) in [6, 6.07) is 5.44. The van der Waals surface area contributed by atoms with Gasteiger partial charge in [0.2, 0.25) is 5.91 Å². The van der Waals surface area contributed by atoms with E-state index in [9.17, 15) is 9.59 Å². The van der Waals surface area contributed by atoms with Gasteiger partial charge in [0.25, 0.3) is 0 Å². The molecule has 0 aliphatic carbocycles. The Hall–Kier alpha value is -2.90. The first-order valence-corrected chi connectivity index (χ1v) is 8.40. The normalized spacial score (nSPS) is 14.4. The summed E-state index contributed by atoms with van der Waals surface area (Å²) in [6.45, 7) is 5.00. The predicted octanol–water partition coefficient (Wildman–Crippen LogP) is 1.74. The quantitative estimate of drug-likeness (QED) is 0.770. The highest BCUT2D eigenvalue weighted by molar-refractivity contribution is 5.93. The van der Waals surface area contributed by atoms with E-state index >= 15 is 0 Å². The molecule has 3 amide bonds. The molecular weight excluding hydrogens is 320 g/mol. The van der Waals surface area contributed by atoms with Crippen LogP contribution in [0.15, 0.2) is 24.5 Å². The maximum atomic E-state index is 12.1. The molecule has 8 heteroatoms. The van der Waals surface area contributed by atoms with Crippen molar-refractivity contribution in [3.63, 3.8) is 0 Å². The molecule has 132 valence electrons. The fourth-order valence-corrected chi connectivity index (χ4v) is 2.84. The van der Waals surface area contributed by atoms with Crippen LogP contribution in [-0.2, 0) is 24.3 Å². The first-order chi connectivity index (χ1) is 12.1. The standard InChI is InChI=1S/C17H22N6O2/c1-3-23-10-19-22-15(23)9-18-17(25)20-11(2)12-4-6-14-13(8-12)5-7-16(24)21-14/h4,6,8,10-11H,3,5,7,9H2,1-2H3,(H,21,24)(H2,18,20,25). The number of carbonyl (C=O) groups excluding carboxylic acids is 2. The zero-order valence-electron chi connectivity index (χ0n) is 14.4. The van der Waals surface area contributed by atoms with Crippen LogP contribution in [-0.4, -0.2) is 26.7 Å². The Labute approximate surface area is 146 Å². The third kappa shape index (κ3) is 3.96. The molecular formula is C17H22N6O2. The van der Waals surface area contributed by atoms with Crippen molar-refractivity contribution < 1.29 is 9.59 Å². The molecule has 0 radical (unpaired) electrons. The van der Waals surface area contributed by atoms with E-state index in [0.29, 0.717) is 13.0 Å². The third-order valence-corrected chi connectivity index (χ3v) is 4.32. The van der Waals surface area contributed by atoms with Crippen molar-refractivity contribution in [1.82, 2.24) is 25.4 Å². The molecule has 2 aromatic rings. The Morgan fingerprint density at radius 1 is 1.40 bits per heavy atom. The number of aromatic nitrogens is 3. The first-order valence-electron chi connectivity index (χ1n) is 8.40. The number of hydrogen-bond donors (Lipinski definition) is 3. The SMILES string of the molecule is CCn1cnnc1CNC(=O)NC(C)c1ccc2c(c1)CCC(=O)N2. The molecule has 1 aromatic heterocycles. The summed E-state index contributed by atoms with van der Waals surface area (Å²) >= 11 is 0. The number of fused-ring (bicyclic) bond motifs is 1. The highest BCUT2D eigenvalue weighted by Crippen LogP contribution is 2.26. The van der Waals surface area contributed by atoms with E-state index in [1.165, 1.54) is 0 Å². The number of hydrogen-bond acceptors (Lipinski definition) is 4. The lowest BCUT2D eigenvalue weighted by atomic mass is 9.98. The fraction of sp³-hybridized carbons (Fsp3) is 0.412. The number of benzene rings is 1. The molecule has 3 rings (SSSR count). The summed E-state index contributed by atoms with van der Waals surface area (Å²) in [4.78, 5) is 23.5. The van der Waals surface area contributed by atoms with E-state index < -0.39 is 0 Å². The van der Waals surface area contributed by atoms with Crippen LogP contribution in [0.25, 0.3) is 0 Å². The van der Waals surface area contributed by atoms with Gasteiger partial charge >= 0.3 is 6.03 Å². The Kier molecular flexibility index (Phi) is 4.97. The molecule has 0 bridgehead atoms. The maximum Gasteiger partial charge on any atom is 0.315 e. The van der Waals surface area contributed by atoms with Crippen molar-refractivity contribution in [2.45, 2.75) is 45.8 Å². The second-order valence-electron chi connectivity index (χ2n) is 6.05. The van der Waals surface area contributed by atoms with Crippen molar-refractivity contribution in [3.05, 3.63) is 41.5 Å². The van der Waals surface area contributed by atoms with Crippen LogP contribution in [0.5, 0.6) is 0 Å². The summed E-state index contributed by atoms with van der Waals surface area (Å²) in [5, 5.41) is 16.4. The molecule has 0 saturated heterocycles. The molecule has 8 nitrogen and oxygen atoms in total. The van der Waals surface area contributed by atoms with Gasteiger partial charge in [-0.15, -0.1) is 10.2 Å². The molecule has 1 aromatic carbocycles. The zero-order valence-corrected chi connectivity index (χ0v) is 14.4. The van der Waals surface area contributed by atoms with E-state index in [4.69, 9.17) is 0 Å². The van der Waals surface area contributed by atoms with Gasteiger partial charge in [0.1, 0.15) is 6.33 Å². The minimum atomic E-state index is -0.260. The van der Waals surface area contributed by atoms with E-state index in [1.54, 1.807) is 6.33 Å². The second kappa shape index (κ2) is 7.33. The lowest BCUT2D eigenvalue weighted by Gasteiger charge is -2.20. The number of amides is 3. The lowest BCUT2D eigenvalue weighted by molar-refractivity contribution is -0.116. The number of carbonyl (C=O) groups is 2. The van der Waals surface area contributed by atoms with Crippen LogP contribution in [0.3, 0.4) is 0 Å². The summed E-state index contributed by atoms with van der Waals surface area (Å²) in [7, 11) is 0. The summed E-state index contributed by atoms with van der Waals surface area (Å²) < 4.78 is 1.88. The molecule has 1 aliphatic heterocycles. The van der Waals surface area contributed by atoms with E-state index in [-0.39, 0.29) is 18.0 Å². The fourth-order valence-electron chi connectivity index (χ4n) is 2.84. The van der Waals surface area contributed by atoms with Crippen molar-refractivity contribution in [1.29, 1.82) is 0 Å². The molecule has 1 atom stereocenters. The van der Waals surface area contributed by atoms with Crippen LogP contribution in [0.1, 0.15) is 43.3 Å². The average Bonchev–Trinajstić information content (AvgIpc) is 3.07. The number of urea groups is 1. The Bertz CT molecular complexity index is 785. The topological polar surface area (TPSA) is 101 Å². The second-order valence-corrected chi connectivity index (χ2v) is 6.05. The van der Waals surface area contributed by atoms with Crippen molar-refractivity contribution in [2.24, 2.45) is 0 Å². The summed E-state index contributed by atoms with van der Waals surface area (Å²) in [5.41, 5.74) is 2.96. The summed E-state index contributed by atoms with van der Waals surface area (Å²) in [6.07, 6.45) is 2.86. The van der Waals surface area contributed by atoms with Gasteiger partial charge in [0, 0.05) is 18.7 Å². The molecule has 0 fully saturated rings. The molecule has 0 saturated carbocycles. The highest BCUT2D eigenvalue weighted by Gasteiger charge is 2.17. The smallest absolute Gasteiger partial charge is 0.315 e. The van der Waals surface area contributed by atoms with Crippen LogP contribution in [0.4, 0.5) is 10.5 Å². The molecule has 0 spiro atoms. The number of rotatable bonds is 5. The van der Waals surface area contributed by atoms with E-state index in [0.717, 1.165) is 35.6 Å². The van der Waals surface area contributed by atoms with Gasteiger partial charge in [0.15, 0.2) is 5.82 Å². The Morgan fingerprint density at radius 2 is 2.24 bits per heavy atom. The van der Waals surface area contributed by atoms with Crippen molar-refractivity contribution in [2.75, 3.05) is 5.32 Å². The largest absolute Gasteiger partial charge is 0.332 e. The molecule has 3 N–H and O–H groups in total. The highest BCUT2D eigenvalue weighted by atomic mass is 16.2. The number of nitrogens with zero attached hydrogens (tertiary/aromatic N) is 3. The van der Waals surface area contributed by atoms with Crippen LogP contribution in [0.2, 0.25) is 0 Å². The first kappa shape index (κ1) is 16.9.